The van der Waals surface area contributed by atoms with Crippen molar-refractivity contribution in [3.05, 3.63) is 88.1 Å². The Kier molecular flexibility index (Phi) is 6.42. The Balaban J connectivity index is 1.82. The molecule has 0 saturated carbocycles. The molecule has 0 bridgehead atoms. The molecule has 0 radical (unpaired) electrons. The second-order valence-electron chi connectivity index (χ2n) is 6.64. The maximum absolute atomic E-state index is 13.9. The molecule has 0 unspecified atom stereocenters. The van der Waals surface area contributed by atoms with Crippen molar-refractivity contribution >= 4 is 23.4 Å². The van der Waals surface area contributed by atoms with E-state index in [-0.39, 0.29) is 45.9 Å². The third-order valence-corrected chi connectivity index (χ3v) is 4.64. The minimum absolute atomic E-state index is 0.0523. The number of Topliss-reactive ketones (excluding diaryl/α,β-unsaturated/α-hetero) is 1. The molecule has 0 amide bonds. The molecule has 0 fully saturated rings. The van der Waals surface area contributed by atoms with Crippen molar-refractivity contribution in [3.8, 4) is 11.6 Å². The van der Waals surface area contributed by atoms with Crippen LogP contribution in [0.15, 0.2) is 54.7 Å². The molecule has 0 saturated heterocycles. The van der Waals surface area contributed by atoms with Crippen molar-refractivity contribution < 1.29 is 28.2 Å². The lowest BCUT2D eigenvalue weighted by Crippen LogP contribution is -2.08. The van der Waals surface area contributed by atoms with Gasteiger partial charge in [-0.25, -0.2) is 18.6 Å². The molecule has 1 atom stereocenters. The molecule has 8 heteroatoms. The zero-order valence-electron chi connectivity index (χ0n) is 15.7. The zero-order chi connectivity index (χ0) is 21.8. The summed E-state index contributed by atoms with van der Waals surface area (Å²) in [6, 6.07) is 10.4. The minimum Gasteiger partial charge on any atom is -0.478 e. The van der Waals surface area contributed by atoms with Crippen LogP contribution in [0.2, 0.25) is 5.02 Å². The summed E-state index contributed by atoms with van der Waals surface area (Å²) in [7, 11) is 0. The highest BCUT2D eigenvalue weighted by Gasteiger charge is 2.20. The van der Waals surface area contributed by atoms with Gasteiger partial charge >= 0.3 is 5.97 Å². The fourth-order valence-electron chi connectivity index (χ4n) is 2.83. The number of carbonyl (C=O) groups is 2. The van der Waals surface area contributed by atoms with Crippen LogP contribution in [0.25, 0.3) is 0 Å². The van der Waals surface area contributed by atoms with Gasteiger partial charge in [0.15, 0.2) is 17.3 Å². The summed E-state index contributed by atoms with van der Waals surface area (Å²) in [4.78, 5) is 27.8. The van der Waals surface area contributed by atoms with Crippen LogP contribution in [-0.4, -0.2) is 21.8 Å². The molecule has 1 N–H and O–H groups in total. The Morgan fingerprint density at radius 2 is 1.83 bits per heavy atom. The van der Waals surface area contributed by atoms with Gasteiger partial charge in [-0.3, -0.25) is 4.79 Å². The van der Waals surface area contributed by atoms with Gasteiger partial charge in [-0.2, -0.15) is 0 Å². The van der Waals surface area contributed by atoms with E-state index in [1.165, 1.54) is 24.4 Å². The molecule has 3 rings (SSSR count). The SMILES string of the molecule is C[C@H](CC(=O)c1cc(Cl)cnc1Oc1ccc(F)cc1F)c1ccc(C(=O)O)cc1. The van der Waals surface area contributed by atoms with E-state index in [4.69, 9.17) is 21.4 Å². The fraction of sp³-hybridized carbons (Fsp3) is 0.136. The van der Waals surface area contributed by atoms with Gasteiger partial charge < -0.3 is 9.84 Å². The first kappa shape index (κ1) is 21.4. The Labute approximate surface area is 175 Å². The summed E-state index contributed by atoms with van der Waals surface area (Å²) >= 11 is 5.97. The Morgan fingerprint density at radius 1 is 1.13 bits per heavy atom. The maximum Gasteiger partial charge on any atom is 0.335 e. The highest BCUT2D eigenvalue weighted by atomic mass is 35.5. The number of rotatable bonds is 7. The van der Waals surface area contributed by atoms with Crippen LogP contribution in [0.1, 0.15) is 45.5 Å². The lowest BCUT2D eigenvalue weighted by atomic mass is 9.93. The minimum atomic E-state index is -1.04. The van der Waals surface area contributed by atoms with Crippen LogP contribution in [0.4, 0.5) is 8.78 Å². The van der Waals surface area contributed by atoms with E-state index < -0.39 is 17.6 Å². The molecule has 1 heterocycles. The second kappa shape index (κ2) is 9.00. The summed E-state index contributed by atoms with van der Waals surface area (Å²) in [5.74, 6) is -3.75. The number of nitrogens with zero attached hydrogens (tertiary/aromatic N) is 1. The Hall–Kier alpha value is -3.32. The van der Waals surface area contributed by atoms with Crippen LogP contribution in [-0.2, 0) is 0 Å². The van der Waals surface area contributed by atoms with Gasteiger partial charge in [-0.1, -0.05) is 30.7 Å². The number of carboxylic acid groups (broad SMARTS) is 1. The van der Waals surface area contributed by atoms with Crippen LogP contribution in [0.5, 0.6) is 11.6 Å². The van der Waals surface area contributed by atoms with Gasteiger partial charge in [0.25, 0.3) is 0 Å². The maximum atomic E-state index is 13.9. The molecule has 2 aromatic carbocycles. The first-order chi connectivity index (χ1) is 14.2. The molecule has 0 aliphatic carbocycles. The molecular formula is C22H16ClF2NO4. The van der Waals surface area contributed by atoms with E-state index in [1.54, 1.807) is 12.1 Å². The molecular weight excluding hydrogens is 416 g/mol. The fourth-order valence-corrected chi connectivity index (χ4v) is 2.99. The van der Waals surface area contributed by atoms with Crippen molar-refractivity contribution in [1.29, 1.82) is 0 Å². The number of hydrogen-bond acceptors (Lipinski definition) is 4. The zero-order valence-corrected chi connectivity index (χ0v) is 16.5. The first-order valence-corrected chi connectivity index (χ1v) is 9.27. The van der Waals surface area contributed by atoms with Gasteiger partial charge in [0, 0.05) is 18.7 Å². The molecule has 30 heavy (non-hydrogen) atoms. The standard InChI is InChI=1S/C22H16ClF2NO4/c1-12(13-2-4-14(5-3-13)22(28)29)8-19(27)17-9-15(23)11-26-21(17)30-20-7-6-16(24)10-18(20)25/h2-7,9-12H,8H2,1H3,(H,28,29)/t12-/m1/s1. The van der Waals surface area contributed by atoms with E-state index in [0.717, 1.165) is 17.7 Å². The van der Waals surface area contributed by atoms with Crippen molar-refractivity contribution in [1.82, 2.24) is 4.98 Å². The lowest BCUT2D eigenvalue weighted by molar-refractivity contribution is 0.0696. The largest absolute Gasteiger partial charge is 0.478 e. The summed E-state index contributed by atoms with van der Waals surface area (Å²) in [5.41, 5.74) is 0.976. The number of hydrogen-bond donors (Lipinski definition) is 1. The Morgan fingerprint density at radius 3 is 2.47 bits per heavy atom. The number of carbonyl (C=O) groups excluding carboxylic acids is 1. The van der Waals surface area contributed by atoms with Gasteiger partial charge in [0.2, 0.25) is 5.88 Å². The van der Waals surface area contributed by atoms with Crippen LogP contribution < -0.4 is 4.74 Å². The summed E-state index contributed by atoms with van der Waals surface area (Å²) in [6.07, 6.45) is 1.31. The summed E-state index contributed by atoms with van der Waals surface area (Å²) in [5, 5.41) is 9.18. The molecule has 154 valence electrons. The number of halogens is 3. The molecule has 3 aromatic rings. The average molecular weight is 432 g/mol. The van der Waals surface area contributed by atoms with Crippen LogP contribution in [0, 0.1) is 11.6 Å². The highest BCUT2D eigenvalue weighted by molar-refractivity contribution is 6.30. The predicted molar refractivity (Wildman–Crippen MR) is 106 cm³/mol. The quantitative estimate of drug-likeness (QED) is 0.473. The second-order valence-corrected chi connectivity index (χ2v) is 7.07. The molecule has 0 aliphatic heterocycles. The summed E-state index contributed by atoms with van der Waals surface area (Å²) in [6.45, 7) is 1.81. The van der Waals surface area contributed by atoms with Crippen molar-refractivity contribution in [3.63, 3.8) is 0 Å². The van der Waals surface area contributed by atoms with Crippen molar-refractivity contribution in [2.24, 2.45) is 0 Å². The number of benzene rings is 2. The van der Waals surface area contributed by atoms with Crippen LogP contribution in [0.3, 0.4) is 0 Å². The first-order valence-electron chi connectivity index (χ1n) is 8.89. The van der Waals surface area contributed by atoms with E-state index in [9.17, 15) is 18.4 Å². The number of pyridine rings is 1. The van der Waals surface area contributed by atoms with E-state index in [0.29, 0.717) is 6.07 Å². The van der Waals surface area contributed by atoms with E-state index in [2.05, 4.69) is 4.98 Å². The Bertz CT molecular complexity index is 1100. The van der Waals surface area contributed by atoms with Gasteiger partial charge in [-0.15, -0.1) is 0 Å². The molecule has 5 nitrogen and oxygen atoms in total. The van der Waals surface area contributed by atoms with Gasteiger partial charge in [-0.05, 0) is 41.8 Å². The van der Waals surface area contributed by atoms with Crippen molar-refractivity contribution in [2.75, 3.05) is 0 Å². The van der Waals surface area contributed by atoms with Gasteiger partial charge in [0.1, 0.15) is 5.82 Å². The van der Waals surface area contributed by atoms with Crippen molar-refractivity contribution in [2.45, 2.75) is 19.3 Å². The third-order valence-electron chi connectivity index (χ3n) is 4.44. The molecule has 0 spiro atoms. The predicted octanol–water partition coefficient (Wildman–Crippen LogP) is 5.88. The topological polar surface area (TPSA) is 76.5 Å². The number of carboxylic acids is 1. The molecule has 1 aromatic heterocycles. The molecule has 0 aliphatic rings. The lowest BCUT2D eigenvalue weighted by Gasteiger charge is -2.14. The summed E-state index contributed by atoms with van der Waals surface area (Å²) < 4.78 is 32.4. The number of aromatic carboxylic acids is 1. The number of ketones is 1. The van der Waals surface area contributed by atoms with Crippen LogP contribution >= 0.6 is 11.6 Å². The average Bonchev–Trinajstić information content (AvgIpc) is 2.71. The normalized spacial score (nSPS) is 11.7. The monoisotopic (exact) mass is 431 g/mol. The number of aromatic nitrogens is 1. The smallest absolute Gasteiger partial charge is 0.335 e. The van der Waals surface area contributed by atoms with Gasteiger partial charge in [0.05, 0.1) is 16.1 Å². The third kappa shape index (κ3) is 4.99. The highest BCUT2D eigenvalue weighted by Crippen LogP contribution is 2.30. The number of ether oxygens (including phenoxy) is 1. The van der Waals surface area contributed by atoms with E-state index in [1.807, 2.05) is 6.92 Å². The van der Waals surface area contributed by atoms with E-state index >= 15 is 0 Å².